The number of anilines is 1. The summed E-state index contributed by atoms with van der Waals surface area (Å²) >= 11 is 0. The lowest BCUT2D eigenvalue weighted by Crippen LogP contribution is -2.26. The van der Waals surface area contributed by atoms with Gasteiger partial charge in [0.15, 0.2) is 0 Å². The molecule has 0 amide bonds. The highest BCUT2D eigenvalue weighted by Crippen LogP contribution is 2.23. The largest absolute Gasteiger partial charge is 0.388 e. The average Bonchev–Trinajstić information content (AvgIpc) is 2.37. The second kappa shape index (κ2) is 7.37. The van der Waals surface area contributed by atoms with Crippen LogP contribution in [0.15, 0.2) is 12.3 Å². The fraction of sp³-hybridized carbons (Fsp3) is 0.667. The molecule has 0 aliphatic rings. The van der Waals surface area contributed by atoms with E-state index < -0.39 is 6.10 Å². The van der Waals surface area contributed by atoms with E-state index in [9.17, 15) is 5.11 Å². The monoisotopic (exact) mass is 250 g/mol. The molecule has 1 N–H and O–H groups in total. The number of aryl methyl sites for hydroxylation is 1. The smallest absolute Gasteiger partial charge is 0.131 e. The van der Waals surface area contributed by atoms with Gasteiger partial charge in [0.1, 0.15) is 5.82 Å². The van der Waals surface area contributed by atoms with Crippen LogP contribution in [0.2, 0.25) is 0 Å². The van der Waals surface area contributed by atoms with Crippen LogP contribution >= 0.6 is 0 Å². The summed E-state index contributed by atoms with van der Waals surface area (Å²) in [6, 6.07) is 2.06. The molecule has 0 radical (unpaired) electrons. The molecule has 0 bridgehead atoms. The standard InChI is InChI=1S/C15H26N2O/c1-5-8-17(9-6-2)15-12(4)10-13(11-16-15)14(18)7-3/h10-11,14,18H,5-9H2,1-4H3/t14-/m0/s1. The van der Waals surface area contributed by atoms with Crippen LogP contribution in [0.4, 0.5) is 5.82 Å². The van der Waals surface area contributed by atoms with E-state index in [1.165, 1.54) is 0 Å². The predicted molar refractivity (Wildman–Crippen MR) is 77.0 cm³/mol. The summed E-state index contributed by atoms with van der Waals surface area (Å²) in [5.41, 5.74) is 2.08. The van der Waals surface area contributed by atoms with E-state index in [4.69, 9.17) is 0 Å². The average molecular weight is 250 g/mol. The third kappa shape index (κ3) is 3.70. The normalized spacial score (nSPS) is 12.5. The number of hydrogen-bond acceptors (Lipinski definition) is 3. The molecule has 3 heteroatoms. The van der Waals surface area contributed by atoms with Gasteiger partial charge in [-0.1, -0.05) is 20.8 Å². The number of aromatic nitrogens is 1. The van der Waals surface area contributed by atoms with E-state index in [1.807, 2.05) is 13.1 Å². The zero-order valence-electron chi connectivity index (χ0n) is 12.1. The first-order valence-electron chi connectivity index (χ1n) is 7.03. The van der Waals surface area contributed by atoms with Gasteiger partial charge in [0.2, 0.25) is 0 Å². The van der Waals surface area contributed by atoms with Crippen LogP contribution in [0.5, 0.6) is 0 Å². The van der Waals surface area contributed by atoms with Gasteiger partial charge in [-0.25, -0.2) is 4.98 Å². The molecule has 0 saturated heterocycles. The minimum atomic E-state index is -0.393. The van der Waals surface area contributed by atoms with Crippen molar-refractivity contribution < 1.29 is 5.11 Å². The molecule has 1 aromatic rings. The summed E-state index contributed by atoms with van der Waals surface area (Å²) in [4.78, 5) is 6.88. The Bertz CT molecular complexity index is 360. The van der Waals surface area contributed by atoms with Crippen molar-refractivity contribution in [1.29, 1.82) is 0 Å². The van der Waals surface area contributed by atoms with Crippen molar-refractivity contribution in [3.8, 4) is 0 Å². The molecule has 0 fully saturated rings. The number of nitrogens with zero attached hydrogens (tertiary/aromatic N) is 2. The third-order valence-corrected chi connectivity index (χ3v) is 3.13. The molecule has 0 spiro atoms. The molecule has 0 saturated carbocycles. The van der Waals surface area contributed by atoms with Gasteiger partial charge in [-0.15, -0.1) is 0 Å². The van der Waals surface area contributed by atoms with E-state index in [1.54, 1.807) is 0 Å². The van der Waals surface area contributed by atoms with Gasteiger partial charge >= 0.3 is 0 Å². The second-order valence-electron chi connectivity index (χ2n) is 4.82. The maximum Gasteiger partial charge on any atom is 0.131 e. The molecule has 102 valence electrons. The first kappa shape index (κ1) is 15.0. The topological polar surface area (TPSA) is 36.4 Å². The van der Waals surface area contributed by atoms with Gasteiger partial charge in [0, 0.05) is 19.3 Å². The molecule has 18 heavy (non-hydrogen) atoms. The summed E-state index contributed by atoms with van der Waals surface area (Å²) in [5.74, 6) is 1.06. The van der Waals surface area contributed by atoms with Gasteiger partial charge in [0.05, 0.1) is 6.10 Å². The highest BCUT2D eigenvalue weighted by Gasteiger charge is 2.12. The summed E-state index contributed by atoms with van der Waals surface area (Å²) < 4.78 is 0. The molecular weight excluding hydrogens is 224 g/mol. The van der Waals surface area contributed by atoms with E-state index in [2.05, 4.69) is 36.7 Å². The summed E-state index contributed by atoms with van der Waals surface area (Å²) in [6.07, 6.45) is 4.40. The molecule has 0 aliphatic carbocycles. The van der Waals surface area contributed by atoms with Crippen molar-refractivity contribution in [3.05, 3.63) is 23.4 Å². The maximum atomic E-state index is 9.84. The van der Waals surface area contributed by atoms with Gasteiger partial charge < -0.3 is 10.0 Å². The zero-order valence-corrected chi connectivity index (χ0v) is 12.1. The molecule has 0 aromatic carbocycles. The first-order chi connectivity index (χ1) is 8.63. The quantitative estimate of drug-likeness (QED) is 0.805. The minimum Gasteiger partial charge on any atom is -0.388 e. The fourth-order valence-corrected chi connectivity index (χ4v) is 2.20. The summed E-state index contributed by atoms with van der Waals surface area (Å²) in [7, 11) is 0. The third-order valence-electron chi connectivity index (χ3n) is 3.13. The van der Waals surface area contributed by atoms with Crippen molar-refractivity contribution in [2.75, 3.05) is 18.0 Å². The Morgan fingerprint density at radius 1 is 1.22 bits per heavy atom. The van der Waals surface area contributed by atoms with Gasteiger partial charge in [-0.3, -0.25) is 0 Å². The lowest BCUT2D eigenvalue weighted by Gasteiger charge is -2.25. The molecule has 1 aromatic heterocycles. The number of aliphatic hydroxyl groups is 1. The predicted octanol–water partition coefficient (Wildman–Crippen LogP) is 3.46. The van der Waals surface area contributed by atoms with Crippen LogP contribution in [0.25, 0.3) is 0 Å². The molecule has 3 nitrogen and oxygen atoms in total. The first-order valence-corrected chi connectivity index (χ1v) is 7.03. The van der Waals surface area contributed by atoms with Crippen LogP contribution in [-0.2, 0) is 0 Å². The summed E-state index contributed by atoms with van der Waals surface area (Å²) in [5, 5.41) is 9.84. The van der Waals surface area contributed by atoms with Crippen LogP contribution in [0, 0.1) is 6.92 Å². The van der Waals surface area contributed by atoms with Crippen molar-refractivity contribution in [3.63, 3.8) is 0 Å². The van der Waals surface area contributed by atoms with E-state index in [-0.39, 0.29) is 0 Å². The van der Waals surface area contributed by atoms with Crippen LogP contribution in [0.1, 0.15) is 57.3 Å². The molecule has 1 atom stereocenters. The Kier molecular flexibility index (Phi) is 6.13. The highest BCUT2D eigenvalue weighted by atomic mass is 16.3. The lowest BCUT2D eigenvalue weighted by atomic mass is 10.1. The van der Waals surface area contributed by atoms with Crippen molar-refractivity contribution in [2.24, 2.45) is 0 Å². The van der Waals surface area contributed by atoms with Crippen LogP contribution in [-0.4, -0.2) is 23.2 Å². The van der Waals surface area contributed by atoms with Crippen molar-refractivity contribution >= 4 is 5.82 Å². The molecular formula is C15H26N2O. The number of pyridine rings is 1. The molecule has 0 unspecified atom stereocenters. The fourth-order valence-electron chi connectivity index (χ4n) is 2.20. The maximum absolute atomic E-state index is 9.84. The van der Waals surface area contributed by atoms with Crippen molar-refractivity contribution in [1.82, 2.24) is 4.98 Å². The number of rotatable bonds is 7. The van der Waals surface area contributed by atoms with Crippen molar-refractivity contribution in [2.45, 2.75) is 53.1 Å². The van der Waals surface area contributed by atoms with Gasteiger partial charge in [0.25, 0.3) is 0 Å². The highest BCUT2D eigenvalue weighted by molar-refractivity contribution is 5.47. The number of aliphatic hydroxyl groups excluding tert-OH is 1. The summed E-state index contributed by atoms with van der Waals surface area (Å²) in [6.45, 7) is 10.5. The van der Waals surface area contributed by atoms with E-state index in [0.29, 0.717) is 0 Å². The Morgan fingerprint density at radius 3 is 2.28 bits per heavy atom. The van der Waals surface area contributed by atoms with Gasteiger partial charge in [-0.2, -0.15) is 0 Å². The zero-order chi connectivity index (χ0) is 13.5. The molecule has 1 heterocycles. The molecule has 1 rings (SSSR count). The number of hydrogen-bond donors (Lipinski definition) is 1. The molecule has 0 aliphatic heterocycles. The van der Waals surface area contributed by atoms with Gasteiger partial charge in [-0.05, 0) is 43.4 Å². The SMILES string of the molecule is CCCN(CCC)c1ncc([C@@H](O)CC)cc1C. The van der Waals surface area contributed by atoms with Crippen LogP contribution < -0.4 is 4.90 Å². The minimum absolute atomic E-state index is 0.393. The van der Waals surface area contributed by atoms with Crippen LogP contribution in [0.3, 0.4) is 0 Å². The Labute approximate surface area is 111 Å². The Hall–Kier alpha value is -1.09. The lowest BCUT2D eigenvalue weighted by molar-refractivity contribution is 0.173. The second-order valence-corrected chi connectivity index (χ2v) is 4.82. The Morgan fingerprint density at radius 2 is 1.83 bits per heavy atom. The van der Waals surface area contributed by atoms with E-state index in [0.717, 1.165) is 49.3 Å². The van der Waals surface area contributed by atoms with E-state index >= 15 is 0 Å². The Balaban J connectivity index is 2.95.